The lowest BCUT2D eigenvalue weighted by molar-refractivity contribution is 0.174. The summed E-state index contributed by atoms with van der Waals surface area (Å²) in [6.45, 7) is 5.84. The highest BCUT2D eigenvalue weighted by Gasteiger charge is 2.36. The predicted molar refractivity (Wildman–Crippen MR) is 59.5 cm³/mol. The number of hydrogen-bond acceptors (Lipinski definition) is 4. The average Bonchev–Trinajstić information content (AvgIpc) is 2.98. The van der Waals surface area contributed by atoms with Gasteiger partial charge in [-0.2, -0.15) is 0 Å². The van der Waals surface area contributed by atoms with Crippen molar-refractivity contribution >= 4 is 0 Å². The van der Waals surface area contributed by atoms with Crippen molar-refractivity contribution in [3.05, 3.63) is 17.8 Å². The number of rotatable bonds is 2. The molecule has 16 heavy (non-hydrogen) atoms. The Kier molecular flexibility index (Phi) is 2.48. The molecule has 2 aliphatic heterocycles. The molecule has 2 unspecified atom stereocenters. The molecule has 4 heteroatoms. The molecule has 0 bridgehead atoms. The largest absolute Gasteiger partial charge is 0.445 e. The smallest absolute Gasteiger partial charge is 0.198 e. The maximum absolute atomic E-state index is 5.92. The van der Waals surface area contributed by atoms with Crippen LogP contribution in [-0.2, 0) is 10.2 Å². The van der Waals surface area contributed by atoms with E-state index < -0.39 is 0 Å². The van der Waals surface area contributed by atoms with E-state index in [1.165, 1.54) is 0 Å². The number of aromatic nitrogens is 1. The van der Waals surface area contributed by atoms with Gasteiger partial charge in [-0.15, -0.1) is 0 Å². The van der Waals surface area contributed by atoms with E-state index in [2.05, 4.69) is 17.2 Å². The molecule has 1 N–H and O–H groups in total. The minimum absolute atomic E-state index is 0.0390. The van der Waals surface area contributed by atoms with Crippen molar-refractivity contribution in [2.45, 2.75) is 31.1 Å². The van der Waals surface area contributed by atoms with Gasteiger partial charge in [0.1, 0.15) is 5.76 Å². The number of nitrogens with zero attached hydrogens (tertiary/aromatic N) is 1. The van der Waals surface area contributed by atoms with Crippen molar-refractivity contribution in [2.24, 2.45) is 0 Å². The lowest BCUT2D eigenvalue weighted by Gasteiger charge is -2.17. The summed E-state index contributed by atoms with van der Waals surface area (Å²) in [6, 6.07) is 0. The summed E-state index contributed by atoms with van der Waals surface area (Å²) in [5.74, 6) is 2.35. The summed E-state index contributed by atoms with van der Waals surface area (Å²) < 4.78 is 11.4. The quantitative estimate of drug-likeness (QED) is 0.822. The van der Waals surface area contributed by atoms with Gasteiger partial charge < -0.3 is 14.5 Å². The first-order valence-electron chi connectivity index (χ1n) is 6.03. The maximum Gasteiger partial charge on any atom is 0.198 e. The van der Waals surface area contributed by atoms with Gasteiger partial charge in [0.05, 0.1) is 18.2 Å². The van der Waals surface area contributed by atoms with Crippen LogP contribution in [0, 0.1) is 0 Å². The van der Waals surface area contributed by atoms with Gasteiger partial charge in [-0.05, 0) is 19.4 Å². The summed E-state index contributed by atoms with van der Waals surface area (Å²) in [5, 5.41) is 3.33. The Morgan fingerprint density at radius 2 is 2.50 bits per heavy atom. The standard InChI is InChI=1S/C12H18N2O2/c1-12(3-5-15-8-12)10-7-14-11(16-10)9-2-4-13-6-9/h7,9,13H,2-6,8H2,1H3. The van der Waals surface area contributed by atoms with E-state index >= 15 is 0 Å². The van der Waals surface area contributed by atoms with Crippen molar-refractivity contribution in [1.29, 1.82) is 0 Å². The molecule has 0 spiro atoms. The van der Waals surface area contributed by atoms with Crippen molar-refractivity contribution in [2.75, 3.05) is 26.3 Å². The molecular weight excluding hydrogens is 204 g/mol. The first-order chi connectivity index (χ1) is 7.78. The molecule has 88 valence electrons. The molecule has 2 atom stereocenters. The van der Waals surface area contributed by atoms with Crippen molar-refractivity contribution in [3.63, 3.8) is 0 Å². The second kappa shape index (κ2) is 3.86. The molecule has 0 aliphatic carbocycles. The third kappa shape index (κ3) is 1.66. The zero-order chi connectivity index (χ0) is 11.0. The van der Waals surface area contributed by atoms with Gasteiger partial charge >= 0.3 is 0 Å². The highest BCUT2D eigenvalue weighted by atomic mass is 16.5. The number of oxazole rings is 1. The third-order valence-corrected chi connectivity index (χ3v) is 3.75. The Morgan fingerprint density at radius 1 is 1.56 bits per heavy atom. The highest BCUT2D eigenvalue weighted by molar-refractivity contribution is 5.13. The first kappa shape index (κ1) is 10.3. The Labute approximate surface area is 95.4 Å². The van der Waals surface area contributed by atoms with Gasteiger partial charge in [-0.25, -0.2) is 4.98 Å². The van der Waals surface area contributed by atoms with Gasteiger partial charge in [0.2, 0.25) is 0 Å². The van der Waals surface area contributed by atoms with E-state index in [0.29, 0.717) is 5.92 Å². The van der Waals surface area contributed by atoms with Crippen molar-refractivity contribution in [1.82, 2.24) is 10.3 Å². The molecule has 1 aromatic heterocycles. The molecule has 3 heterocycles. The second-order valence-electron chi connectivity index (χ2n) is 5.12. The Hall–Kier alpha value is -0.870. The van der Waals surface area contributed by atoms with Crippen LogP contribution in [0.2, 0.25) is 0 Å². The zero-order valence-electron chi connectivity index (χ0n) is 9.66. The maximum atomic E-state index is 5.92. The SMILES string of the molecule is CC1(c2cnc(C3CCNC3)o2)CCOC1. The van der Waals surface area contributed by atoms with Gasteiger partial charge in [-0.1, -0.05) is 6.92 Å². The van der Waals surface area contributed by atoms with Crippen LogP contribution in [-0.4, -0.2) is 31.3 Å². The van der Waals surface area contributed by atoms with Gasteiger partial charge in [0.15, 0.2) is 5.89 Å². The van der Waals surface area contributed by atoms with Crippen molar-refractivity contribution in [3.8, 4) is 0 Å². The molecular formula is C12H18N2O2. The molecule has 1 aromatic rings. The van der Waals surface area contributed by atoms with Crippen LogP contribution < -0.4 is 5.32 Å². The molecule has 4 nitrogen and oxygen atoms in total. The van der Waals surface area contributed by atoms with Gasteiger partial charge in [0, 0.05) is 19.1 Å². The molecule has 0 amide bonds. The topological polar surface area (TPSA) is 47.3 Å². The molecule has 2 aliphatic rings. The van der Waals surface area contributed by atoms with Crippen LogP contribution in [0.5, 0.6) is 0 Å². The van der Waals surface area contributed by atoms with E-state index in [1.54, 1.807) is 0 Å². The summed E-state index contributed by atoms with van der Waals surface area (Å²) in [7, 11) is 0. The number of hydrogen-bond donors (Lipinski definition) is 1. The molecule has 0 saturated carbocycles. The average molecular weight is 222 g/mol. The monoisotopic (exact) mass is 222 g/mol. The van der Waals surface area contributed by atoms with Crippen LogP contribution in [0.25, 0.3) is 0 Å². The summed E-state index contributed by atoms with van der Waals surface area (Å²) in [5.41, 5.74) is 0.0390. The van der Waals surface area contributed by atoms with Gasteiger partial charge in [0.25, 0.3) is 0 Å². The molecule has 2 saturated heterocycles. The van der Waals surface area contributed by atoms with E-state index in [4.69, 9.17) is 9.15 Å². The van der Waals surface area contributed by atoms with E-state index in [1.807, 2.05) is 6.20 Å². The zero-order valence-corrected chi connectivity index (χ0v) is 9.66. The minimum Gasteiger partial charge on any atom is -0.445 e. The fourth-order valence-electron chi connectivity index (χ4n) is 2.48. The molecule has 3 rings (SSSR count). The molecule has 2 fully saturated rings. The van der Waals surface area contributed by atoms with E-state index in [-0.39, 0.29) is 5.41 Å². The summed E-state index contributed by atoms with van der Waals surface area (Å²) in [4.78, 5) is 4.43. The lowest BCUT2D eigenvalue weighted by atomic mass is 9.88. The Morgan fingerprint density at radius 3 is 3.19 bits per heavy atom. The van der Waals surface area contributed by atoms with Crippen molar-refractivity contribution < 1.29 is 9.15 Å². The number of ether oxygens (including phenoxy) is 1. The fraction of sp³-hybridized carbons (Fsp3) is 0.750. The van der Waals surface area contributed by atoms with E-state index in [9.17, 15) is 0 Å². The normalized spacial score (nSPS) is 34.7. The molecule has 0 radical (unpaired) electrons. The van der Waals surface area contributed by atoms with Crippen LogP contribution >= 0.6 is 0 Å². The first-order valence-corrected chi connectivity index (χ1v) is 6.03. The van der Waals surface area contributed by atoms with Crippen LogP contribution in [0.1, 0.15) is 37.3 Å². The summed E-state index contributed by atoms with van der Waals surface area (Å²) in [6.07, 6.45) is 4.06. The highest BCUT2D eigenvalue weighted by Crippen LogP contribution is 2.34. The van der Waals surface area contributed by atoms with Crippen LogP contribution in [0.3, 0.4) is 0 Å². The second-order valence-corrected chi connectivity index (χ2v) is 5.12. The summed E-state index contributed by atoms with van der Waals surface area (Å²) >= 11 is 0. The third-order valence-electron chi connectivity index (χ3n) is 3.75. The Bertz CT molecular complexity index is 363. The van der Waals surface area contributed by atoms with E-state index in [0.717, 1.165) is 50.8 Å². The minimum atomic E-state index is 0.0390. The lowest BCUT2D eigenvalue weighted by Crippen LogP contribution is -2.20. The number of nitrogens with one attached hydrogen (secondary N) is 1. The Balaban J connectivity index is 1.81. The predicted octanol–water partition coefficient (Wildman–Crippen LogP) is 1.43. The molecule has 0 aromatic carbocycles. The van der Waals surface area contributed by atoms with Gasteiger partial charge in [-0.3, -0.25) is 0 Å². The fourth-order valence-corrected chi connectivity index (χ4v) is 2.48. The van der Waals surface area contributed by atoms with Crippen LogP contribution in [0.4, 0.5) is 0 Å². The van der Waals surface area contributed by atoms with Crippen LogP contribution in [0.15, 0.2) is 10.6 Å².